The number of hydrogen-bond acceptors (Lipinski definition) is 18. The maximum atomic E-state index is 15.1. The minimum absolute atomic E-state index is 0.0230. The Hall–Kier alpha value is -8.20. The van der Waals surface area contributed by atoms with E-state index in [0.717, 1.165) is 24.2 Å². The third-order valence-electron chi connectivity index (χ3n) is 17.0. The predicted octanol–water partition coefficient (Wildman–Crippen LogP) is -4.13. The Morgan fingerprint density at radius 2 is 1.44 bits per heavy atom. The van der Waals surface area contributed by atoms with Crippen LogP contribution in [0.1, 0.15) is 97.0 Å². The number of H-pyrrole nitrogens is 1. The normalized spacial score (nSPS) is 27.0. The van der Waals surface area contributed by atoms with Crippen molar-refractivity contribution in [1.29, 1.82) is 0 Å². The average molecular weight is 1280 g/mol. The van der Waals surface area contributed by atoms with Crippen LogP contribution in [-0.4, -0.2) is 212 Å². The molecule has 2 bridgehead atoms. The lowest BCUT2D eigenvalue weighted by molar-refractivity contribution is -0.144. The van der Waals surface area contributed by atoms with Crippen molar-refractivity contribution >= 4 is 99.1 Å². The third kappa shape index (κ3) is 18.2. The van der Waals surface area contributed by atoms with Gasteiger partial charge in [0, 0.05) is 91.2 Å². The van der Waals surface area contributed by atoms with Gasteiger partial charge in [-0.3, -0.25) is 62.4 Å². The van der Waals surface area contributed by atoms with Crippen molar-refractivity contribution in [2.45, 2.75) is 151 Å². The van der Waals surface area contributed by atoms with Crippen LogP contribution in [0.5, 0.6) is 5.75 Å². The van der Waals surface area contributed by atoms with Gasteiger partial charge in [0.1, 0.15) is 41.7 Å². The average Bonchev–Trinajstić information content (AvgIpc) is 1.72. The summed E-state index contributed by atoms with van der Waals surface area (Å²) in [6, 6.07) is -6.14. The molecule has 1 aromatic heterocycles. The maximum Gasteiger partial charge on any atom is 0.412 e. The number of nitrogens with one attached hydrogen (secondary N) is 10. The number of carbonyl (C=O) groups is 13. The zero-order chi connectivity index (χ0) is 65.5. The molecule has 1 saturated heterocycles. The highest BCUT2D eigenvalue weighted by Gasteiger charge is 2.46. The summed E-state index contributed by atoms with van der Waals surface area (Å²) in [5, 5.41) is 54.6. The molecule has 5 heterocycles. The molecule has 492 valence electrons. The van der Waals surface area contributed by atoms with Crippen molar-refractivity contribution in [3.05, 3.63) is 35.9 Å². The van der Waals surface area contributed by atoms with Crippen LogP contribution in [-0.2, 0) is 75.1 Å². The van der Waals surface area contributed by atoms with Gasteiger partial charge < -0.3 is 88.1 Å². The molecule has 15 N–H and O–H groups in total. The molecule has 5 aliphatic rings. The van der Waals surface area contributed by atoms with E-state index in [9.17, 15) is 77.6 Å². The Labute approximate surface area is 520 Å². The van der Waals surface area contributed by atoms with Gasteiger partial charge in [-0.2, -0.15) is 0 Å². The molecular formula is C58H81N13O18S. The van der Waals surface area contributed by atoms with Crippen molar-refractivity contribution in [1.82, 2.24) is 62.6 Å². The molecule has 1 aromatic carbocycles. The molecule has 2 fully saturated rings. The van der Waals surface area contributed by atoms with E-state index in [1.807, 2.05) is 0 Å². The van der Waals surface area contributed by atoms with Crippen molar-refractivity contribution in [2.24, 2.45) is 29.4 Å². The van der Waals surface area contributed by atoms with E-state index < -0.39 is 182 Å². The quantitative estimate of drug-likeness (QED) is 0.0383. The lowest BCUT2D eigenvalue weighted by Gasteiger charge is -2.32. The van der Waals surface area contributed by atoms with E-state index in [1.54, 1.807) is 13.8 Å². The zero-order valence-electron chi connectivity index (χ0n) is 50.3. The van der Waals surface area contributed by atoms with E-state index in [4.69, 9.17) is 10.5 Å². The van der Waals surface area contributed by atoms with Crippen LogP contribution in [0.25, 0.3) is 10.9 Å². The van der Waals surface area contributed by atoms with Gasteiger partial charge >= 0.3 is 6.09 Å². The fraction of sp³-hybridized carbons (Fsp3) is 0.603. The lowest BCUT2D eigenvalue weighted by Crippen LogP contribution is -2.62. The highest BCUT2D eigenvalue weighted by molar-refractivity contribution is 7.91. The van der Waals surface area contributed by atoms with E-state index >= 15 is 4.55 Å². The number of nitrogens with two attached hydrogens (primary N) is 1. The van der Waals surface area contributed by atoms with Gasteiger partial charge in [0.25, 0.3) is 11.8 Å². The Balaban J connectivity index is 1.13. The number of amides is 13. The number of carbonyl (C=O) groups excluding carboxylic acids is 13. The van der Waals surface area contributed by atoms with Gasteiger partial charge in [-0.05, 0) is 62.5 Å². The van der Waals surface area contributed by atoms with Crippen molar-refractivity contribution in [2.75, 3.05) is 51.6 Å². The van der Waals surface area contributed by atoms with E-state index in [2.05, 4.69) is 52.8 Å². The number of aliphatic hydroxyl groups excluding tert-OH is 3. The first-order valence-corrected chi connectivity index (χ1v) is 31.6. The summed E-state index contributed by atoms with van der Waals surface area (Å²) in [6.45, 7) is 2.59. The monoisotopic (exact) mass is 1280 g/mol. The topological polar surface area (TPSA) is 471 Å². The number of fused-ring (bicyclic) bond motifs is 5. The number of nitrogens with zero attached hydrogens (tertiary/aromatic N) is 2. The SMILES string of the molecule is CC[C@H](C)[C@@H]1NC(=O)CNC(=O)[C@H]2Cc3c([nH]c4cc(OC(=O)NCCCCCCNC(=O)C5CCC(CN6C(=O)C=CC6=O)CC5)ccc34)[S+]([O-])C[C@H](NC(=O)CNC1=O)C(=O)N[C@@H](CC(N)=O)C(=O)N1C[C@H](O)C[C@H]1C(=O)N[C@@H]([C@@H](C)[C@@H](O)CO)C(=O)N2. The zero-order valence-corrected chi connectivity index (χ0v) is 51.1. The van der Waals surface area contributed by atoms with Crippen LogP contribution in [0.2, 0.25) is 0 Å². The maximum absolute atomic E-state index is 15.1. The number of ether oxygens (including phenoxy) is 1. The van der Waals surface area contributed by atoms with Crippen LogP contribution in [0.3, 0.4) is 0 Å². The number of unbranched alkanes of at least 4 members (excludes halogenated alkanes) is 3. The largest absolute Gasteiger partial charge is 0.610 e. The number of rotatable bonds is 18. The summed E-state index contributed by atoms with van der Waals surface area (Å²) in [5.74, 6) is -13.0. The molecule has 4 aliphatic heterocycles. The molecule has 13 amide bonds. The fourth-order valence-corrected chi connectivity index (χ4v) is 12.9. The molecule has 1 saturated carbocycles. The molecule has 1 aliphatic carbocycles. The lowest BCUT2D eigenvalue weighted by atomic mass is 9.81. The summed E-state index contributed by atoms with van der Waals surface area (Å²) in [6.07, 6.45) is 2.47. The molecule has 11 atom stereocenters. The van der Waals surface area contributed by atoms with Gasteiger partial charge in [0.2, 0.25) is 64.1 Å². The summed E-state index contributed by atoms with van der Waals surface area (Å²) in [5.41, 5.74) is 5.70. The third-order valence-corrected chi connectivity index (χ3v) is 18.4. The Morgan fingerprint density at radius 1 is 0.789 bits per heavy atom. The molecular weight excluding hydrogens is 1200 g/mol. The molecule has 2 aromatic rings. The van der Waals surface area contributed by atoms with Crippen molar-refractivity contribution in [3.63, 3.8) is 0 Å². The number of primary amides is 1. The van der Waals surface area contributed by atoms with Crippen LogP contribution < -0.4 is 58.3 Å². The number of aromatic nitrogens is 1. The highest BCUT2D eigenvalue weighted by Crippen LogP contribution is 2.33. The first kappa shape index (κ1) is 69.3. The van der Waals surface area contributed by atoms with Gasteiger partial charge in [-0.15, -0.1) is 0 Å². The van der Waals surface area contributed by atoms with Gasteiger partial charge in [-0.25, -0.2) is 4.79 Å². The van der Waals surface area contributed by atoms with Crippen molar-refractivity contribution in [3.8, 4) is 5.75 Å². The molecule has 32 heteroatoms. The Morgan fingerprint density at radius 3 is 2.10 bits per heavy atom. The summed E-state index contributed by atoms with van der Waals surface area (Å²) < 4.78 is 20.7. The molecule has 0 radical (unpaired) electrons. The van der Waals surface area contributed by atoms with E-state index in [0.29, 0.717) is 51.6 Å². The second-order valence-corrected chi connectivity index (χ2v) is 24.9. The van der Waals surface area contributed by atoms with Crippen LogP contribution in [0.15, 0.2) is 35.4 Å². The van der Waals surface area contributed by atoms with Crippen LogP contribution in [0, 0.1) is 23.7 Å². The number of imide groups is 1. The standard InChI is InChI=1S/C58H81N13O18S/c1-4-29(2)48-54(84)63-23-44(76)64-40-28-90(88)56-36(35-14-13-34(20-37(35)67-56)89-58(87)61-18-8-6-5-7-17-60-50(80)32-11-9-31(10-12-32)25-71-46(78)15-16-47(71)79)21-38(51(81)62-24-45(77)68-48)65-55(85)49(30(3)42(74)27-72)69-53(83)41-19-33(73)26-70(41)57(86)39(22-43(59)75)66-52(40)82/h13-16,20,29-33,38-42,48-49,67,72-74H,4-12,17-19,21-28H2,1-3H3,(H2,59,75)(H,60,80)(H,61,87)(H,62,81)(H,63,84)(H,64,76)(H,65,85)(H,66,82)(H,68,77)(H,69,83)/t29-,30-,31?,32?,33+,38+,39-,40-,41-,42-,48-,49-,90?/m0/s1. The van der Waals surface area contributed by atoms with Crippen molar-refractivity contribution < 1.29 is 86.9 Å². The second kappa shape index (κ2) is 32.0. The van der Waals surface area contributed by atoms with E-state index in [-0.39, 0.29) is 63.3 Å². The molecule has 7 rings (SSSR count). The van der Waals surface area contributed by atoms with Crippen LogP contribution >= 0.6 is 0 Å². The van der Waals surface area contributed by atoms with Crippen LogP contribution in [0.4, 0.5) is 4.79 Å². The Kier molecular flexibility index (Phi) is 24.6. The molecule has 90 heavy (non-hydrogen) atoms. The number of aliphatic hydroxyl groups is 3. The summed E-state index contributed by atoms with van der Waals surface area (Å²) >= 11 is -2.49. The number of hydrogen-bond donors (Lipinski definition) is 14. The summed E-state index contributed by atoms with van der Waals surface area (Å²) in [7, 11) is 0. The minimum Gasteiger partial charge on any atom is -0.610 e. The molecule has 0 spiro atoms. The first-order valence-electron chi connectivity index (χ1n) is 30.3. The van der Waals surface area contributed by atoms with Gasteiger partial charge in [0.15, 0.2) is 6.04 Å². The molecule has 1 unspecified atom stereocenters. The number of aromatic amines is 1. The second-order valence-electron chi connectivity index (χ2n) is 23.5. The van der Waals surface area contributed by atoms with Gasteiger partial charge in [0.05, 0.1) is 43.8 Å². The molecule has 31 nitrogen and oxygen atoms in total. The highest BCUT2D eigenvalue weighted by atomic mass is 32.2. The van der Waals surface area contributed by atoms with Gasteiger partial charge in [-0.1, -0.05) is 40.0 Å². The summed E-state index contributed by atoms with van der Waals surface area (Å²) in [4.78, 5) is 181. The smallest absolute Gasteiger partial charge is 0.412 e. The first-order chi connectivity index (χ1) is 42.8. The fourth-order valence-electron chi connectivity index (χ4n) is 11.5. The van der Waals surface area contributed by atoms with E-state index in [1.165, 1.54) is 42.2 Å². The number of benzene rings is 1. The predicted molar refractivity (Wildman–Crippen MR) is 317 cm³/mol. The minimum atomic E-state index is -2.49. The Bertz CT molecular complexity index is 3060.